The second kappa shape index (κ2) is 70.7. The smallest absolute Gasteiger partial charge is 0.462 e. The van der Waals surface area contributed by atoms with E-state index < -0.39 is 97.5 Å². The highest BCUT2D eigenvalue weighted by molar-refractivity contribution is 7.47. The molecule has 0 rings (SSSR count). The van der Waals surface area contributed by atoms with Crippen LogP contribution in [0.2, 0.25) is 0 Å². The van der Waals surface area contributed by atoms with Crippen molar-refractivity contribution in [2.24, 2.45) is 11.8 Å². The molecule has 0 heterocycles. The molecular formula is C79H154O17P2. The number of carbonyl (C=O) groups excluding carboxylic acids is 4. The fraction of sp³-hybridized carbons (Fsp3) is 0.949. The largest absolute Gasteiger partial charge is 0.472 e. The number of phosphoric ester groups is 2. The quantitative estimate of drug-likeness (QED) is 0.0222. The summed E-state index contributed by atoms with van der Waals surface area (Å²) in [5, 5.41) is 10.6. The normalized spacial score (nSPS) is 14.2. The number of hydrogen-bond donors (Lipinski definition) is 3. The lowest BCUT2D eigenvalue weighted by molar-refractivity contribution is -0.161. The molecule has 0 saturated carbocycles. The summed E-state index contributed by atoms with van der Waals surface area (Å²) >= 11 is 0. The van der Waals surface area contributed by atoms with Gasteiger partial charge in [-0.25, -0.2) is 9.13 Å². The number of aliphatic hydroxyl groups excluding tert-OH is 1. The van der Waals surface area contributed by atoms with E-state index >= 15 is 0 Å². The predicted molar refractivity (Wildman–Crippen MR) is 400 cm³/mol. The van der Waals surface area contributed by atoms with Crippen LogP contribution >= 0.6 is 15.6 Å². The Morgan fingerprint density at radius 2 is 0.520 bits per heavy atom. The first-order valence-electron chi connectivity index (χ1n) is 41.0. The Balaban J connectivity index is 5.19. The zero-order valence-corrected chi connectivity index (χ0v) is 65.9. The highest BCUT2D eigenvalue weighted by Crippen LogP contribution is 2.45. The Morgan fingerprint density at radius 1 is 0.296 bits per heavy atom. The maximum absolute atomic E-state index is 13.1. The Bertz CT molecular complexity index is 1890. The van der Waals surface area contributed by atoms with Gasteiger partial charge in [0.1, 0.15) is 19.3 Å². The minimum absolute atomic E-state index is 0.105. The second-order valence-corrected chi connectivity index (χ2v) is 32.1. The van der Waals surface area contributed by atoms with Gasteiger partial charge in [0.25, 0.3) is 0 Å². The number of esters is 4. The first-order valence-corrected chi connectivity index (χ1v) is 44.0. The second-order valence-electron chi connectivity index (χ2n) is 29.2. The molecule has 0 aromatic heterocycles. The lowest BCUT2D eigenvalue weighted by Crippen LogP contribution is -2.30. The van der Waals surface area contributed by atoms with Gasteiger partial charge in [0.05, 0.1) is 26.4 Å². The van der Waals surface area contributed by atoms with E-state index in [2.05, 4.69) is 41.5 Å². The summed E-state index contributed by atoms with van der Waals surface area (Å²) in [4.78, 5) is 72.9. The summed E-state index contributed by atoms with van der Waals surface area (Å²) in [6.07, 6.45) is 59.7. The van der Waals surface area contributed by atoms with E-state index in [1.165, 1.54) is 231 Å². The predicted octanol–water partition coefficient (Wildman–Crippen LogP) is 23.5. The summed E-state index contributed by atoms with van der Waals surface area (Å²) in [5.41, 5.74) is 0. The third-order valence-electron chi connectivity index (χ3n) is 18.8. The van der Waals surface area contributed by atoms with Crippen molar-refractivity contribution in [2.75, 3.05) is 39.6 Å². The molecule has 0 aliphatic carbocycles. The number of unbranched alkanes of at least 4 members (excludes halogenated alkanes) is 47. The van der Waals surface area contributed by atoms with Crippen LogP contribution in [0.5, 0.6) is 0 Å². The average molecular weight is 1440 g/mol. The molecule has 0 aromatic rings. The lowest BCUT2D eigenvalue weighted by atomic mass is 9.99. The van der Waals surface area contributed by atoms with Gasteiger partial charge in [-0.05, 0) is 37.5 Å². The van der Waals surface area contributed by atoms with Crippen LogP contribution in [0.4, 0.5) is 0 Å². The van der Waals surface area contributed by atoms with Crippen molar-refractivity contribution in [2.45, 2.75) is 432 Å². The van der Waals surface area contributed by atoms with Crippen LogP contribution in [0.25, 0.3) is 0 Å². The fourth-order valence-corrected chi connectivity index (χ4v) is 13.7. The van der Waals surface area contributed by atoms with Crippen molar-refractivity contribution >= 4 is 39.5 Å². The van der Waals surface area contributed by atoms with E-state index in [4.69, 9.17) is 37.0 Å². The Morgan fingerprint density at radius 3 is 0.776 bits per heavy atom. The Hall–Kier alpha value is -1.94. The molecule has 0 aliphatic heterocycles. The molecule has 0 saturated heterocycles. The van der Waals surface area contributed by atoms with E-state index in [-0.39, 0.29) is 25.7 Å². The van der Waals surface area contributed by atoms with Crippen molar-refractivity contribution in [1.82, 2.24) is 0 Å². The SMILES string of the molecule is CCCCCCCCCCCCCCCCCCCCCCCCC(=O)O[C@H](COC(=O)CCCCCCCCCCCC(C)C)COP(=O)(O)OC[C@@H](O)COP(=O)(O)OC[C@@H](COC(=O)CCCCCCCCCCCCCC)OC(=O)CCCCCCCCCCC(C)CC. The fourth-order valence-electron chi connectivity index (χ4n) is 12.2. The molecule has 3 N–H and O–H groups in total. The molecule has 19 heteroatoms. The molecule has 3 unspecified atom stereocenters. The third-order valence-corrected chi connectivity index (χ3v) is 20.7. The van der Waals surface area contributed by atoms with E-state index in [0.29, 0.717) is 25.7 Å². The van der Waals surface area contributed by atoms with E-state index in [9.17, 15) is 43.2 Å². The van der Waals surface area contributed by atoms with Crippen LogP contribution < -0.4 is 0 Å². The van der Waals surface area contributed by atoms with E-state index in [1.54, 1.807) is 0 Å². The molecule has 0 spiro atoms. The van der Waals surface area contributed by atoms with Gasteiger partial charge < -0.3 is 33.8 Å². The van der Waals surface area contributed by atoms with Crippen LogP contribution in [-0.2, 0) is 65.4 Å². The number of rotatable bonds is 78. The van der Waals surface area contributed by atoms with Gasteiger partial charge >= 0.3 is 39.5 Å². The maximum atomic E-state index is 13.1. The van der Waals surface area contributed by atoms with Crippen molar-refractivity contribution in [3.63, 3.8) is 0 Å². The topological polar surface area (TPSA) is 237 Å². The van der Waals surface area contributed by atoms with Crippen LogP contribution in [-0.4, -0.2) is 96.7 Å². The zero-order valence-electron chi connectivity index (χ0n) is 64.1. The summed E-state index contributed by atoms with van der Waals surface area (Å²) in [7, 11) is -9.91. The van der Waals surface area contributed by atoms with Crippen LogP contribution in [0.15, 0.2) is 0 Å². The van der Waals surface area contributed by atoms with E-state index in [0.717, 1.165) is 102 Å². The van der Waals surface area contributed by atoms with Gasteiger partial charge in [-0.3, -0.25) is 37.3 Å². The highest BCUT2D eigenvalue weighted by Gasteiger charge is 2.30. The molecule has 0 amide bonds. The molecule has 0 aliphatic rings. The molecule has 582 valence electrons. The minimum atomic E-state index is -4.96. The minimum Gasteiger partial charge on any atom is -0.462 e. The number of hydrogen-bond acceptors (Lipinski definition) is 15. The summed E-state index contributed by atoms with van der Waals surface area (Å²) < 4.78 is 68.6. The Labute approximate surface area is 600 Å². The summed E-state index contributed by atoms with van der Waals surface area (Å²) in [6, 6.07) is 0. The first-order chi connectivity index (χ1) is 47.4. The monoisotopic (exact) mass is 1440 g/mol. The number of carbonyl (C=O) groups is 4. The standard InChI is InChI=1S/C79H154O17P2/c1-7-10-12-14-16-18-20-22-23-24-25-26-27-28-29-30-31-33-37-45-51-57-63-78(83)95-74(67-90-77(82)62-56-50-44-38-34-35-41-47-53-59-71(4)5)69-93-97(85,86)91-65-73(80)66-92-98(87,88)94-70-75(96-79(84)64-58-52-46-40-39-42-48-54-60-72(6)9-3)68-89-76(81)61-55-49-43-36-32-21-19-17-15-13-11-8-2/h71-75,80H,7-70H2,1-6H3,(H,85,86)(H,87,88)/t72?,73-,74-,75-/m1/s1. The average Bonchev–Trinajstić information content (AvgIpc) is 1.15. The molecule has 0 aromatic carbocycles. The number of aliphatic hydroxyl groups is 1. The molecule has 0 bridgehead atoms. The summed E-state index contributed by atoms with van der Waals surface area (Å²) in [6.45, 7) is 9.59. The van der Waals surface area contributed by atoms with Crippen molar-refractivity contribution < 1.29 is 80.2 Å². The zero-order chi connectivity index (χ0) is 72.1. The Kier molecular flexibility index (Phi) is 69.3. The molecule has 98 heavy (non-hydrogen) atoms. The van der Waals surface area contributed by atoms with Gasteiger partial charge in [-0.15, -0.1) is 0 Å². The highest BCUT2D eigenvalue weighted by atomic mass is 31.2. The van der Waals surface area contributed by atoms with Gasteiger partial charge in [0.15, 0.2) is 12.2 Å². The molecule has 0 fully saturated rings. The molecular weight excluding hydrogens is 1280 g/mol. The van der Waals surface area contributed by atoms with Crippen molar-refractivity contribution in [3.8, 4) is 0 Å². The number of ether oxygens (including phenoxy) is 4. The van der Waals surface area contributed by atoms with Crippen LogP contribution in [0.3, 0.4) is 0 Å². The van der Waals surface area contributed by atoms with Crippen molar-refractivity contribution in [1.29, 1.82) is 0 Å². The van der Waals surface area contributed by atoms with Crippen LogP contribution in [0.1, 0.15) is 414 Å². The van der Waals surface area contributed by atoms with Gasteiger partial charge in [0, 0.05) is 25.7 Å². The summed E-state index contributed by atoms with van der Waals surface area (Å²) in [5.74, 6) is -0.601. The van der Waals surface area contributed by atoms with Gasteiger partial charge in [-0.1, -0.05) is 363 Å². The lowest BCUT2D eigenvalue weighted by Gasteiger charge is -2.21. The third kappa shape index (κ3) is 71.1. The van der Waals surface area contributed by atoms with E-state index in [1.807, 2.05) is 0 Å². The molecule has 17 nitrogen and oxygen atoms in total. The first kappa shape index (κ1) is 96.1. The maximum Gasteiger partial charge on any atom is 0.472 e. The molecule has 0 radical (unpaired) electrons. The van der Waals surface area contributed by atoms with Gasteiger partial charge in [-0.2, -0.15) is 0 Å². The number of phosphoric acid groups is 2. The van der Waals surface area contributed by atoms with Gasteiger partial charge in [0.2, 0.25) is 0 Å². The molecule has 6 atom stereocenters. The van der Waals surface area contributed by atoms with Crippen molar-refractivity contribution in [3.05, 3.63) is 0 Å². The van der Waals surface area contributed by atoms with Crippen LogP contribution in [0, 0.1) is 11.8 Å².